The van der Waals surface area contributed by atoms with Crippen LogP contribution in [0, 0.1) is 0 Å². The van der Waals surface area contributed by atoms with Gasteiger partial charge in [0, 0.05) is 41.7 Å². The number of pyridine rings is 1. The molecule has 2 heterocycles. The molecule has 0 spiro atoms. The summed E-state index contributed by atoms with van der Waals surface area (Å²) in [6, 6.07) is 7.63. The van der Waals surface area contributed by atoms with Crippen molar-refractivity contribution in [3.63, 3.8) is 0 Å². The van der Waals surface area contributed by atoms with Crippen LogP contribution in [0.5, 0.6) is 0 Å². The van der Waals surface area contributed by atoms with Crippen molar-refractivity contribution >= 4 is 51.8 Å². The Balaban J connectivity index is 1.62. The molecule has 0 atom stereocenters. The number of hydrogen-bond acceptors (Lipinski definition) is 6. The lowest BCUT2D eigenvalue weighted by atomic mass is 10.2. The van der Waals surface area contributed by atoms with E-state index in [0.717, 1.165) is 40.2 Å². The molecule has 0 bridgehead atoms. The molecule has 1 aromatic carbocycles. The molecule has 0 amide bonds. The minimum Gasteiger partial charge on any atom is -0.396 e. The maximum Gasteiger partial charge on any atom is 0.329 e. The van der Waals surface area contributed by atoms with E-state index in [4.69, 9.17) is 21.7 Å². The van der Waals surface area contributed by atoms with Crippen molar-refractivity contribution in [2.45, 2.75) is 31.8 Å². The summed E-state index contributed by atoms with van der Waals surface area (Å²) >= 11 is 7.66. The van der Waals surface area contributed by atoms with Crippen LogP contribution >= 0.6 is 23.4 Å². The van der Waals surface area contributed by atoms with Gasteiger partial charge >= 0.3 is 5.69 Å². The second kappa shape index (κ2) is 9.80. The van der Waals surface area contributed by atoms with E-state index < -0.39 is 0 Å². The highest BCUT2D eigenvalue weighted by atomic mass is 35.5. The number of halogens is 1. The van der Waals surface area contributed by atoms with Gasteiger partial charge in [0.05, 0.1) is 34.5 Å². The summed E-state index contributed by atoms with van der Waals surface area (Å²) in [5, 5.41) is 10.5. The zero-order chi connectivity index (χ0) is 21.8. The van der Waals surface area contributed by atoms with Crippen LogP contribution in [0.2, 0.25) is 5.02 Å². The largest absolute Gasteiger partial charge is 0.396 e. The van der Waals surface area contributed by atoms with Gasteiger partial charge in [0.15, 0.2) is 0 Å². The van der Waals surface area contributed by atoms with E-state index in [2.05, 4.69) is 16.7 Å². The molecule has 1 N–H and O–H groups in total. The van der Waals surface area contributed by atoms with Gasteiger partial charge < -0.3 is 5.11 Å². The van der Waals surface area contributed by atoms with Gasteiger partial charge in [0.2, 0.25) is 0 Å². The quantitative estimate of drug-likeness (QED) is 0.298. The molecule has 31 heavy (non-hydrogen) atoms. The maximum atomic E-state index is 13.0. The summed E-state index contributed by atoms with van der Waals surface area (Å²) in [6.45, 7) is 4.65. The van der Waals surface area contributed by atoms with Crippen molar-refractivity contribution in [3.05, 3.63) is 57.7 Å². The Morgan fingerprint density at radius 1 is 1.32 bits per heavy atom. The molecule has 1 aliphatic rings. The third-order valence-electron chi connectivity index (χ3n) is 5.16. The zero-order valence-corrected chi connectivity index (χ0v) is 18.6. The highest BCUT2D eigenvalue weighted by Gasteiger charge is 2.28. The van der Waals surface area contributed by atoms with Crippen LogP contribution in [0.4, 0.5) is 5.69 Å². The fraction of sp³-hybridized carbons (Fsp3) is 0.364. The average molecular weight is 458 g/mol. The summed E-state index contributed by atoms with van der Waals surface area (Å²) in [5.41, 5.74) is 3.27. The fourth-order valence-corrected chi connectivity index (χ4v) is 4.68. The van der Waals surface area contributed by atoms with Crippen molar-refractivity contribution < 1.29 is 5.11 Å². The first-order valence-electron chi connectivity index (χ1n) is 10.2. The number of aromatic nitrogens is 3. The van der Waals surface area contributed by atoms with Crippen molar-refractivity contribution in [2.24, 2.45) is 9.98 Å². The molecule has 3 aromatic rings. The molecule has 162 valence electrons. The molecule has 0 radical (unpaired) electrons. The van der Waals surface area contributed by atoms with Crippen LogP contribution in [0.1, 0.15) is 30.9 Å². The van der Waals surface area contributed by atoms with E-state index in [1.807, 2.05) is 16.7 Å². The molecule has 1 aliphatic carbocycles. The third kappa shape index (κ3) is 4.76. The highest BCUT2D eigenvalue weighted by molar-refractivity contribution is 8.14. The molecule has 9 heteroatoms. The zero-order valence-electron chi connectivity index (χ0n) is 17.1. The summed E-state index contributed by atoms with van der Waals surface area (Å²) in [4.78, 5) is 26.1. The predicted molar refractivity (Wildman–Crippen MR) is 128 cm³/mol. The number of aliphatic hydroxyl groups excluding tert-OH is 1. The number of benzene rings is 1. The number of fused-ring (bicyclic) bond motifs is 1. The summed E-state index contributed by atoms with van der Waals surface area (Å²) in [5.74, 6) is 0.722. The van der Waals surface area contributed by atoms with Crippen molar-refractivity contribution in [3.8, 4) is 0 Å². The van der Waals surface area contributed by atoms with E-state index in [1.165, 1.54) is 0 Å². The van der Waals surface area contributed by atoms with Gasteiger partial charge in [0.25, 0.3) is 0 Å². The first-order valence-corrected chi connectivity index (χ1v) is 11.6. The molecule has 0 unspecified atom stereocenters. The predicted octanol–water partition coefficient (Wildman–Crippen LogP) is 4.08. The van der Waals surface area contributed by atoms with Crippen LogP contribution in [0.15, 0.2) is 51.4 Å². The molecule has 0 aliphatic heterocycles. The molecule has 1 fully saturated rings. The number of thioether (sulfide) groups is 1. The van der Waals surface area contributed by atoms with Crippen LogP contribution < -0.4 is 5.69 Å². The Bertz CT molecular complexity index is 1180. The molecule has 2 aromatic heterocycles. The number of imidazole rings is 1. The van der Waals surface area contributed by atoms with Crippen molar-refractivity contribution in [2.75, 3.05) is 18.9 Å². The van der Waals surface area contributed by atoms with E-state index in [0.29, 0.717) is 36.3 Å². The van der Waals surface area contributed by atoms with E-state index >= 15 is 0 Å². The first kappa shape index (κ1) is 21.8. The summed E-state index contributed by atoms with van der Waals surface area (Å²) in [6.07, 6.45) is 6.21. The van der Waals surface area contributed by atoms with E-state index in [1.54, 1.807) is 40.9 Å². The number of hydrogen-bond donors (Lipinski definition) is 1. The van der Waals surface area contributed by atoms with Crippen LogP contribution in [-0.4, -0.2) is 49.9 Å². The molecule has 4 rings (SSSR count). The Hall–Kier alpha value is -2.42. The van der Waals surface area contributed by atoms with Gasteiger partial charge in [-0.05, 0) is 50.2 Å². The monoisotopic (exact) mass is 457 g/mol. The minimum absolute atomic E-state index is 0.00452. The lowest BCUT2D eigenvalue weighted by molar-refractivity contribution is 0.296. The summed E-state index contributed by atoms with van der Waals surface area (Å²) in [7, 11) is 0. The van der Waals surface area contributed by atoms with Gasteiger partial charge in [-0.25, -0.2) is 4.79 Å². The topological polar surface area (TPSA) is 84.8 Å². The number of rotatable bonds is 9. The molecular weight excluding hydrogens is 434 g/mol. The van der Waals surface area contributed by atoms with Gasteiger partial charge in [-0.3, -0.25) is 24.1 Å². The van der Waals surface area contributed by atoms with Gasteiger partial charge in [-0.1, -0.05) is 11.6 Å². The SMILES string of the molecule is C=Nc1cc(Cl)ccc1C(=NCCn1c(=O)n(C2CC2)c2ccncc21)SCCCO. The minimum atomic E-state index is -0.00452. The standard InChI is InChI=1S/C22H24ClN5O2S/c1-24-18-13-15(23)3-6-17(18)21(31-12-2-11-29)26-9-10-27-20-14-25-8-7-19(20)28(22(27)30)16-4-5-16/h3,6-8,13-14,16,29H,1-2,4-5,9-12H2. The molecule has 7 nitrogen and oxygen atoms in total. The molecule has 0 saturated heterocycles. The Kier molecular flexibility index (Phi) is 6.89. The number of aliphatic imine (C=N–C) groups is 2. The smallest absolute Gasteiger partial charge is 0.329 e. The third-order valence-corrected chi connectivity index (χ3v) is 6.51. The fourth-order valence-electron chi connectivity index (χ4n) is 3.54. The van der Waals surface area contributed by atoms with Gasteiger partial charge in [-0.15, -0.1) is 11.8 Å². The number of aliphatic hydroxyl groups is 1. The van der Waals surface area contributed by atoms with E-state index in [9.17, 15) is 4.79 Å². The highest BCUT2D eigenvalue weighted by Crippen LogP contribution is 2.36. The Morgan fingerprint density at radius 3 is 2.90 bits per heavy atom. The molecule has 1 saturated carbocycles. The van der Waals surface area contributed by atoms with Crippen LogP contribution in [-0.2, 0) is 6.54 Å². The summed E-state index contributed by atoms with van der Waals surface area (Å²) < 4.78 is 3.64. The first-order chi connectivity index (χ1) is 15.1. The average Bonchev–Trinajstić information content (AvgIpc) is 3.57. The van der Waals surface area contributed by atoms with Crippen LogP contribution in [0.3, 0.4) is 0 Å². The lowest BCUT2D eigenvalue weighted by Gasteiger charge is -2.10. The second-order valence-electron chi connectivity index (χ2n) is 7.33. The van der Waals surface area contributed by atoms with E-state index in [-0.39, 0.29) is 12.3 Å². The lowest BCUT2D eigenvalue weighted by Crippen LogP contribution is -2.24. The maximum absolute atomic E-state index is 13.0. The Morgan fingerprint density at radius 2 is 2.16 bits per heavy atom. The normalized spacial score (nSPS) is 14.3. The van der Waals surface area contributed by atoms with Crippen LogP contribution in [0.25, 0.3) is 11.0 Å². The Labute approximate surface area is 189 Å². The number of nitrogens with zero attached hydrogens (tertiary/aromatic N) is 5. The molecular formula is C22H24ClN5O2S. The van der Waals surface area contributed by atoms with Gasteiger partial charge in [0.1, 0.15) is 0 Å². The van der Waals surface area contributed by atoms with Gasteiger partial charge in [-0.2, -0.15) is 0 Å². The van der Waals surface area contributed by atoms with Crippen molar-refractivity contribution in [1.82, 2.24) is 14.1 Å². The van der Waals surface area contributed by atoms with Crippen molar-refractivity contribution in [1.29, 1.82) is 0 Å². The second-order valence-corrected chi connectivity index (χ2v) is 8.85.